The Bertz CT molecular complexity index is 345. The number of rotatable bonds is 0. The summed E-state index contributed by atoms with van der Waals surface area (Å²) in [6.45, 7) is 0.761. The summed E-state index contributed by atoms with van der Waals surface area (Å²) in [5, 5.41) is 18.3. The Labute approximate surface area is 70.0 Å². The maximum atomic E-state index is 9.18. The molecule has 1 aromatic carbocycles. The van der Waals surface area contributed by atoms with Crippen LogP contribution in [0.15, 0.2) is 17.1 Å². The highest BCUT2D eigenvalue weighted by molar-refractivity contribution is 5.84. The van der Waals surface area contributed by atoms with E-state index in [-0.39, 0.29) is 11.5 Å². The SMILES string of the molecule is Oc1cc2c(cc1O)CCN=C2. The fraction of sp³-hybridized carbons (Fsp3) is 0.222. The molecule has 1 aliphatic heterocycles. The number of nitrogens with zero attached hydrogens (tertiary/aromatic N) is 1. The normalized spacial score (nSPS) is 14.3. The first-order valence-electron chi connectivity index (χ1n) is 3.82. The van der Waals surface area contributed by atoms with Gasteiger partial charge in [0, 0.05) is 12.8 Å². The number of hydrogen-bond acceptors (Lipinski definition) is 3. The van der Waals surface area contributed by atoms with Crippen LogP contribution >= 0.6 is 0 Å². The van der Waals surface area contributed by atoms with Crippen molar-refractivity contribution in [3.63, 3.8) is 0 Å². The zero-order valence-electron chi connectivity index (χ0n) is 6.49. The minimum absolute atomic E-state index is 0.0518. The van der Waals surface area contributed by atoms with Gasteiger partial charge in [-0.25, -0.2) is 0 Å². The Hall–Kier alpha value is -1.51. The van der Waals surface area contributed by atoms with Crippen LogP contribution in [0.25, 0.3) is 0 Å². The monoisotopic (exact) mass is 163 g/mol. The van der Waals surface area contributed by atoms with Crippen molar-refractivity contribution in [2.45, 2.75) is 6.42 Å². The van der Waals surface area contributed by atoms with Crippen molar-refractivity contribution in [1.82, 2.24) is 0 Å². The van der Waals surface area contributed by atoms with E-state index >= 15 is 0 Å². The lowest BCUT2D eigenvalue weighted by atomic mass is 10.0. The Kier molecular flexibility index (Phi) is 1.50. The van der Waals surface area contributed by atoms with Crippen molar-refractivity contribution < 1.29 is 10.2 Å². The van der Waals surface area contributed by atoms with Crippen LogP contribution in [-0.4, -0.2) is 23.0 Å². The van der Waals surface area contributed by atoms with Gasteiger partial charge in [-0.15, -0.1) is 0 Å². The van der Waals surface area contributed by atoms with Crippen molar-refractivity contribution in [1.29, 1.82) is 0 Å². The van der Waals surface area contributed by atoms with E-state index in [9.17, 15) is 5.11 Å². The second-order valence-corrected chi connectivity index (χ2v) is 2.83. The Balaban J connectivity index is 2.58. The Morgan fingerprint density at radius 3 is 2.75 bits per heavy atom. The lowest BCUT2D eigenvalue weighted by Gasteiger charge is -2.10. The molecule has 0 atom stereocenters. The predicted octanol–water partition coefficient (Wildman–Crippen LogP) is 1.07. The van der Waals surface area contributed by atoms with Gasteiger partial charge in [0.05, 0.1) is 0 Å². The third-order valence-electron chi connectivity index (χ3n) is 1.98. The van der Waals surface area contributed by atoms with E-state index in [0.29, 0.717) is 0 Å². The molecule has 12 heavy (non-hydrogen) atoms. The van der Waals surface area contributed by atoms with E-state index in [4.69, 9.17) is 5.11 Å². The number of phenolic OH excluding ortho intramolecular Hbond substituents is 2. The smallest absolute Gasteiger partial charge is 0.158 e. The first kappa shape index (κ1) is 7.16. The van der Waals surface area contributed by atoms with Crippen LogP contribution in [0.2, 0.25) is 0 Å². The van der Waals surface area contributed by atoms with E-state index in [2.05, 4.69) is 4.99 Å². The fourth-order valence-corrected chi connectivity index (χ4v) is 1.32. The van der Waals surface area contributed by atoms with Crippen LogP contribution in [0.5, 0.6) is 11.5 Å². The summed E-state index contributed by atoms with van der Waals surface area (Å²) < 4.78 is 0. The molecule has 0 spiro atoms. The molecule has 0 radical (unpaired) electrons. The van der Waals surface area contributed by atoms with Crippen molar-refractivity contribution >= 4 is 6.21 Å². The lowest BCUT2D eigenvalue weighted by Crippen LogP contribution is -2.02. The van der Waals surface area contributed by atoms with E-state index in [1.807, 2.05) is 0 Å². The number of aliphatic imine (C=N–C) groups is 1. The van der Waals surface area contributed by atoms with Gasteiger partial charge in [-0.05, 0) is 29.7 Å². The van der Waals surface area contributed by atoms with Crippen LogP contribution in [0.4, 0.5) is 0 Å². The molecule has 0 saturated carbocycles. The van der Waals surface area contributed by atoms with Gasteiger partial charge >= 0.3 is 0 Å². The third-order valence-corrected chi connectivity index (χ3v) is 1.98. The van der Waals surface area contributed by atoms with Crippen molar-refractivity contribution in [3.8, 4) is 11.5 Å². The molecule has 0 aromatic heterocycles. The van der Waals surface area contributed by atoms with Crippen molar-refractivity contribution in [2.75, 3.05) is 6.54 Å². The molecule has 0 fully saturated rings. The summed E-state index contributed by atoms with van der Waals surface area (Å²) in [5.41, 5.74) is 1.94. The second kappa shape index (κ2) is 2.52. The molecule has 0 aliphatic carbocycles. The number of hydrogen-bond donors (Lipinski definition) is 2. The van der Waals surface area contributed by atoms with Crippen molar-refractivity contribution in [3.05, 3.63) is 23.3 Å². The molecule has 3 heteroatoms. The van der Waals surface area contributed by atoms with Crippen LogP contribution in [0.1, 0.15) is 11.1 Å². The predicted molar refractivity (Wildman–Crippen MR) is 45.9 cm³/mol. The van der Waals surface area contributed by atoms with Gasteiger partial charge in [-0.2, -0.15) is 0 Å². The molecule has 2 rings (SSSR count). The molecule has 2 N–H and O–H groups in total. The topological polar surface area (TPSA) is 52.8 Å². The Morgan fingerprint density at radius 2 is 1.92 bits per heavy atom. The van der Waals surface area contributed by atoms with Crippen molar-refractivity contribution in [2.24, 2.45) is 4.99 Å². The van der Waals surface area contributed by atoms with Gasteiger partial charge in [0.25, 0.3) is 0 Å². The molecule has 3 nitrogen and oxygen atoms in total. The minimum atomic E-state index is -0.0814. The van der Waals surface area contributed by atoms with Crippen LogP contribution < -0.4 is 0 Å². The molecule has 0 amide bonds. The van der Waals surface area contributed by atoms with E-state index < -0.39 is 0 Å². The summed E-state index contributed by atoms with van der Waals surface area (Å²) in [5.74, 6) is -0.133. The van der Waals surface area contributed by atoms with E-state index in [1.165, 1.54) is 6.07 Å². The summed E-state index contributed by atoms with van der Waals surface area (Å²) in [6, 6.07) is 3.13. The molecule has 1 aromatic rings. The number of fused-ring (bicyclic) bond motifs is 1. The quantitative estimate of drug-likeness (QED) is 0.562. The molecule has 0 bridgehead atoms. The van der Waals surface area contributed by atoms with Gasteiger partial charge in [-0.3, -0.25) is 4.99 Å². The maximum absolute atomic E-state index is 9.18. The zero-order valence-corrected chi connectivity index (χ0v) is 6.49. The molecule has 0 saturated heterocycles. The maximum Gasteiger partial charge on any atom is 0.158 e. The molecule has 62 valence electrons. The van der Waals surface area contributed by atoms with Gasteiger partial charge in [0.2, 0.25) is 0 Å². The summed E-state index contributed by atoms with van der Waals surface area (Å²) >= 11 is 0. The summed E-state index contributed by atoms with van der Waals surface area (Å²) in [4.78, 5) is 4.07. The largest absolute Gasteiger partial charge is 0.504 e. The fourth-order valence-electron chi connectivity index (χ4n) is 1.32. The molecular formula is C9H9NO2. The summed E-state index contributed by atoms with van der Waals surface area (Å²) in [7, 11) is 0. The molecular weight excluding hydrogens is 154 g/mol. The van der Waals surface area contributed by atoms with Crippen LogP contribution in [-0.2, 0) is 6.42 Å². The average Bonchev–Trinajstić information content (AvgIpc) is 2.07. The van der Waals surface area contributed by atoms with Gasteiger partial charge in [0.1, 0.15) is 0 Å². The van der Waals surface area contributed by atoms with Crippen LogP contribution in [0, 0.1) is 0 Å². The zero-order chi connectivity index (χ0) is 8.55. The lowest BCUT2D eigenvalue weighted by molar-refractivity contribution is 0.403. The number of phenols is 2. The number of aromatic hydroxyl groups is 2. The second-order valence-electron chi connectivity index (χ2n) is 2.83. The highest BCUT2D eigenvalue weighted by atomic mass is 16.3. The van der Waals surface area contributed by atoms with Gasteiger partial charge < -0.3 is 10.2 Å². The molecule has 1 aliphatic rings. The summed E-state index contributed by atoms with van der Waals surface area (Å²) in [6.07, 6.45) is 2.55. The standard InChI is InChI=1S/C9H9NO2/c11-8-3-6-1-2-10-5-7(6)4-9(8)12/h3-5,11-12H,1-2H2. The third kappa shape index (κ3) is 1.03. The van der Waals surface area contributed by atoms with Crippen LogP contribution in [0.3, 0.4) is 0 Å². The molecule has 0 unspecified atom stereocenters. The van der Waals surface area contributed by atoms with Gasteiger partial charge in [0.15, 0.2) is 11.5 Å². The van der Waals surface area contributed by atoms with Gasteiger partial charge in [-0.1, -0.05) is 0 Å². The van der Waals surface area contributed by atoms with E-state index in [0.717, 1.165) is 24.1 Å². The van der Waals surface area contributed by atoms with E-state index in [1.54, 1.807) is 12.3 Å². The minimum Gasteiger partial charge on any atom is -0.504 e. The Morgan fingerprint density at radius 1 is 1.17 bits per heavy atom. The highest BCUT2D eigenvalue weighted by Crippen LogP contribution is 2.28. The average molecular weight is 163 g/mol. The highest BCUT2D eigenvalue weighted by Gasteiger charge is 2.09. The first-order chi connectivity index (χ1) is 5.77. The molecule has 1 heterocycles. The first-order valence-corrected chi connectivity index (χ1v) is 3.82. The number of benzene rings is 1.